The van der Waals surface area contributed by atoms with Gasteiger partial charge in [-0.05, 0) is 63.5 Å². The highest BCUT2D eigenvalue weighted by molar-refractivity contribution is 6.29. The van der Waals surface area contributed by atoms with Gasteiger partial charge in [0.2, 0.25) is 5.91 Å². The highest BCUT2D eigenvalue weighted by atomic mass is 35.5. The zero-order chi connectivity index (χ0) is 26.6. The minimum atomic E-state index is -4.69. The van der Waals surface area contributed by atoms with Gasteiger partial charge >= 0.3 is 6.18 Å². The Labute approximate surface area is 214 Å². The fourth-order valence-electron chi connectivity index (χ4n) is 5.52. The number of rotatable bonds is 4. The Morgan fingerprint density at radius 1 is 1.16 bits per heavy atom. The largest absolute Gasteiger partial charge is 0.417 e. The van der Waals surface area contributed by atoms with Gasteiger partial charge in [-0.1, -0.05) is 11.6 Å². The van der Waals surface area contributed by atoms with E-state index in [1.54, 1.807) is 4.90 Å². The Morgan fingerprint density at radius 3 is 2.51 bits per heavy atom. The molecule has 37 heavy (non-hydrogen) atoms. The van der Waals surface area contributed by atoms with Crippen molar-refractivity contribution >= 4 is 23.4 Å². The lowest BCUT2D eigenvalue weighted by molar-refractivity contribution is -0.270. The van der Waals surface area contributed by atoms with E-state index < -0.39 is 42.0 Å². The number of alkyl halides is 3. The zero-order valence-corrected chi connectivity index (χ0v) is 20.5. The molecule has 2 aromatic rings. The van der Waals surface area contributed by atoms with Crippen molar-refractivity contribution in [2.75, 3.05) is 6.54 Å². The number of piperidine rings is 1. The van der Waals surface area contributed by atoms with E-state index in [4.69, 9.17) is 11.6 Å². The summed E-state index contributed by atoms with van der Waals surface area (Å²) in [5, 5.41) is 19.5. The predicted molar refractivity (Wildman–Crippen MR) is 124 cm³/mol. The van der Waals surface area contributed by atoms with E-state index in [0.717, 1.165) is 19.0 Å². The third-order valence-corrected chi connectivity index (χ3v) is 8.15. The fourth-order valence-corrected chi connectivity index (χ4v) is 5.68. The van der Waals surface area contributed by atoms with Gasteiger partial charge in [-0.3, -0.25) is 14.7 Å². The second-order valence-electron chi connectivity index (χ2n) is 10.3. The number of pyridine rings is 1. The van der Waals surface area contributed by atoms with E-state index in [-0.39, 0.29) is 52.7 Å². The molecule has 1 saturated heterocycles. The summed E-state index contributed by atoms with van der Waals surface area (Å²) in [6.07, 6.45) is -2.16. The highest BCUT2D eigenvalue weighted by Gasteiger charge is 2.56. The van der Waals surface area contributed by atoms with Crippen LogP contribution in [0.3, 0.4) is 0 Å². The maximum Gasteiger partial charge on any atom is 0.417 e. The molecule has 0 radical (unpaired) electrons. The lowest BCUT2D eigenvalue weighted by atomic mass is 9.81. The van der Waals surface area contributed by atoms with Crippen molar-refractivity contribution in [3.63, 3.8) is 0 Å². The molecule has 2 saturated carbocycles. The Balaban J connectivity index is 1.20. The molecule has 13 heteroatoms. The summed E-state index contributed by atoms with van der Waals surface area (Å²) in [4.78, 5) is 31.6. The van der Waals surface area contributed by atoms with E-state index >= 15 is 0 Å². The molecule has 2 aromatic heterocycles. The third kappa shape index (κ3) is 4.93. The third-order valence-electron chi connectivity index (χ3n) is 7.94. The minimum Gasteiger partial charge on any atom is -0.380 e. The number of aromatic nitrogens is 3. The van der Waals surface area contributed by atoms with Gasteiger partial charge in [0.05, 0.1) is 11.9 Å². The number of likely N-dealkylation sites (tertiary alicyclic amines) is 1. The standard InChI is InChI=1S/C24H26ClF4N5O3/c25-19-9-15(16(26)12-30-19)17-10-18(33-32-17)21(36)34-8-3-13(11-22(34)6-7-22)20(35)31-14-1-4-23(37,5-2-14)24(27,28)29/h9-10,12-14,37H,1-8,11H2,(H,31,35)(H,32,33)/t13-,14-,23-/m0/s1. The summed E-state index contributed by atoms with van der Waals surface area (Å²) in [5.41, 5.74) is -2.62. The van der Waals surface area contributed by atoms with Crippen LogP contribution in [0.5, 0.6) is 0 Å². The van der Waals surface area contributed by atoms with Gasteiger partial charge in [0, 0.05) is 29.6 Å². The quantitative estimate of drug-likeness (QED) is 0.399. The molecule has 0 unspecified atom stereocenters. The molecule has 2 amide bonds. The van der Waals surface area contributed by atoms with E-state index in [2.05, 4.69) is 20.5 Å². The number of carbonyl (C=O) groups excluding carboxylic acids is 2. The van der Waals surface area contributed by atoms with Crippen molar-refractivity contribution in [2.24, 2.45) is 5.92 Å². The van der Waals surface area contributed by atoms with Crippen LogP contribution in [-0.2, 0) is 4.79 Å². The molecule has 200 valence electrons. The van der Waals surface area contributed by atoms with Crippen LogP contribution < -0.4 is 5.32 Å². The van der Waals surface area contributed by atoms with Crippen molar-refractivity contribution in [1.82, 2.24) is 25.4 Å². The van der Waals surface area contributed by atoms with Gasteiger partial charge < -0.3 is 15.3 Å². The molecule has 3 aliphatic rings. The van der Waals surface area contributed by atoms with E-state index in [1.165, 1.54) is 12.1 Å². The molecule has 2 aliphatic carbocycles. The summed E-state index contributed by atoms with van der Waals surface area (Å²) in [6.45, 7) is 0.326. The molecule has 8 nitrogen and oxygen atoms in total. The van der Waals surface area contributed by atoms with Gasteiger partial charge in [0.1, 0.15) is 5.15 Å². The zero-order valence-electron chi connectivity index (χ0n) is 19.7. The number of H-pyrrole nitrogens is 1. The van der Waals surface area contributed by atoms with Crippen molar-refractivity contribution in [1.29, 1.82) is 0 Å². The first-order chi connectivity index (χ1) is 17.4. The number of nitrogens with one attached hydrogen (secondary N) is 2. The van der Waals surface area contributed by atoms with Crippen molar-refractivity contribution in [2.45, 2.75) is 74.7 Å². The molecular weight excluding hydrogens is 518 g/mol. The number of aliphatic hydroxyl groups is 1. The monoisotopic (exact) mass is 543 g/mol. The van der Waals surface area contributed by atoms with Gasteiger partial charge in [0.25, 0.3) is 5.91 Å². The Kier molecular flexibility index (Phi) is 6.46. The fraction of sp³-hybridized carbons (Fsp3) is 0.583. The molecule has 1 aliphatic heterocycles. The molecule has 3 N–H and O–H groups in total. The molecule has 3 heterocycles. The molecular formula is C24H26ClF4N5O3. The van der Waals surface area contributed by atoms with E-state index in [1.807, 2.05) is 0 Å². The predicted octanol–water partition coefficient (Wildman–Crippen LogP) is 4.00. The van der Waals surface area contributed by atoms with Gasteiger partial charge in [-0.25, -0.2) is 9.37 Å². The van der Waals surface area contributed by atoms with Crippen LogP contribution in [-0.4, -0.2) is 66.9 Å². The summed E-state index contributed by atoms with van der Waals surface area (Å²) in [6, 6.07) is 2.37. The summed E-state index contributed by atoms with van der Waals surface area (Å²) in [7, 11) is 0. The second kappa shape index (κ2) is 9.23. The van der Waals surface area contributed by atoms with Crippen LogP contribution in [0.1, 0.15) is 61.9 Å². The first-order valence-corrected chi connectivity index (χ1v) is 12.6. The molecule has 0 aromatic carbocycles. The van der Waals surface area contributed by atoms with Gasteiger partial charge in [-0.15, -0.1) is 0 Å². The van der Waals surface area contributed by atoms with Gasteiger partial charge in [0.15, 0.2) is 17.1 Å². The highest BCUT2D eigenvalue weighted by Crippen LogP contribution is 2.50. The van der Waals surface area contributed by atoms with E-state index in [9.17, 15) is 32.3 Å². The summed E-state index contributed by atoms with van der Waals surface area (Å²) in [5.74, 6) is -1.53. The number of carbonyl (C=O) groups is 2. The van der Waals surface area contributed by atoms with Crippen molar-refractivity contribution in [3.8, 4) is 11.3 Å². The number of halogens is 5. The lowest BCUT2D eigenvalue weighted by Crippen LogP contribution is -2.54. The maximum absolute atomic E-state index is 14.2. The van der Waals surface area contributed by atoms with Crippen molar-refractivity contribution in [3.05, 3.63) is 35.0 Å². The Hall–Kier alpha value is -2.73. The normalized spacial score (nSPS) is 27.2. The number of nitrogens with zero attached hydrogens (tertiary/aromatic N) is 3. The van der Waals surface area contributed by atoms with Gasteiger partial charge in [-0.2, -0.15) is 18.3 Å². The average molecular weight is 544 g/mol. The summed E-state index contributed by atoms with van der Waals surface area (Å²) < 4.78 is 53.3. The second-order valence-corrected chi connectivity index (χ2v) is 10.7. The first kappa shape index (κ1) is 25.9. The SMILES string of the molecule is O=C(N[C@H]1CC[C@@](O)(C(F)(F)F)CC1)[C@H]1CCN(C(=O)c2cc(-c3cc(Cl)ncc3F)[nH]n2)C2(CC2)C1. The molecule has 1 atom stereocenters. The molecule has 0 bridgehead atoms. The van der Waals surface area contributed by atoms with Crippen molar-refractivity contribution < 1.29 is 32.3 Å². The van der Waals surface area contributed by atoms with Crippen LogP contribution in [0.2, 0.25) is 5.15 Å². The Bertz CT molecular complexity index is 1210. The number of aromatic amines is 1. The topological polar surface area (TPSA) is 111 Å². The number of amides is 2. The maximum atomic E-state index is 14.2. The van der Waals surface area contributed by atoms with Crippen LogP contribution in [0.4, 0.5) is 17.6 Å². The molecule has 1 spiro atoms. The lowest BCUT2D eigenvalue weighted by Gasteiger charge is -2.41. The smallest absolute Gasteiger partial charge is 0.380 e. The van der Waals surface area contributed by atoms with E-state index in [0.29, 0.717) is 19.4 Å². The molecule has 5 rings (SSSR count). The first-order valence-electron chi connectivity index (χ1n) is 12.2. The summed E-state index contributed by atoms with van der Waals surface area (Å²) >= 11 is 5.86. The van der Waals surface area contributed by atoms with Crippen LogP contribution in [0.15, 0.2) is 18.3 Å². The van der Waals surface area contributed by atoms with Crippen LogP contribution in [0.25, 0.3) is 11.3 Å². The molecule has 3 fully saturated rings. The minimum absolute atomic E-state index is 0.0506. The average Bonchev–Trinajstić information content (AvgIpc) is 3.42. The van der Waals surface area contributed by atoms with Crippen LogP contribution in [0, 0.1) is 11.7 Å². The van der Waals surface area contributed by atoms with Crippen LogP contribution >= 0.6 is 11.6 Å². The Morgan fingerprint density at radius 2 is 1.86 bits per heavy atom. The number of hydrogen-bond acceptors (Lipinski definition) is 5. The number of hydrogen-bond donors (Lipinski definition) is 3.